The van der Waals surface area contributed by atoms with Crippen LogP contribution >= 0.6 is 0 Å². The molecule has 0 aromatic heterocycles. The van der Waals surface area contributed by atoms with E-state index in [0.717, 1.165) is 0 Å². The first-order chi connectivity index (χ1) is 11.0. The molecule has 0 unspecified atom stereocenters. The highest BCUT2D eigenvalue weighted by atomic mass is 19.4. The molecule has 2 nitrogen and oxygen atoms in total. The van der Waals surface area contributed by atoms with E-state index < -0.39 is 41.5 Å². The van der Waals surface area contributed by atoms with E-state index in [1.54, 1.807) is 0 Å². The number of hydrogen-bond donors (Lipinski definition) is 1. The number of nitrogens with one attached hydrogen (secondary N) is 1. The van der Waals surface area contributed by atoms with Crippen LogP contribution in [0.1, 0.15) is 22.7 Å². The van der Waals surface area contributed by atoms with E-state index in [2.05, 4.69) is 5.32 Å². The lowest BCUT2D eigenvalue weighted by Gasteiger charge is -2.35. The lowest BCUT2D eigenvalue weighted by atomic mass is 9.98. The molecule has 24 heavy (non-hydrogen) atoms. The molecular weight excluding hydrogens is 348 g/mol. The highest BCUT2D eigenvalue weighted by molar-refractivity contribution is 5.35. The molecule has 0 spiro atoms. The predicted molar refractivity (Wildman–Crippen MR) is 69.6 cm³/mol. The Morgan fingerprint density at radius 2 is 1.29 bits per heavy atom. The van der Waals surface area contributed by atoms with Crippen molar-refractivity contribution in [3.8, 4) is 0 Å². The zero-order chi connectivity index (χ0) is 18.1. The molecule has 1 aromatic rings. The van der Waals surface area contributed by atoms with Gasteiger partial charge in [0.05, 0.1) is 17.2 Å². The van der Waals surface area contributed by atoms with Gasteiger partial charge in [0, 0.05) is 26.2 Å². The van der Waals surface area contributed by atoms with Gasteiger partial charge in [-0.25, -0.2) is 8.78 Å². The topological polar surface area (TPSA) is 15.3 Å². The van der Waals surface area contributed by atoms with Crippen LogP contribution in [0.15, 0.2) is 18.2 Å². The van der Waals surface area contributed by atoms with E-state index >= 15 is 0 Å². The van der Waals surface area contributed by atoms with Crippen molar-refractivity contribution >= 4 is 0 Å². The van der Waals surface area contributed by atoms with Crippen molar-refractivity contribution in [1.29, 1.82) is 0 Å². The molecule has 2 rings (SSSR count). The van der Waals surface area contributed by atoms with Gasteiger partial charge >= 0.3 is 12.4 Å². The zero-order valence-corrected chi connectivity index (χ0v) is 12.2. The average molecular weight is 362 g/mol. The summed E-state index contributed by atoms with van der Waals surface area (Å²) >= 11 is 0. The predicted octanol–water partition coefficient (Wildman–Crippen LogP) is 3.94. The second kappa shape index (κ2) is 6.83. The number of benzene rings is 1. The van der Waals surface area contributed by atoms with E-state index in [1.165, 1.54) is 4.90 Å². The van der Waals surface area contributed by atoms with Gasteiger partial charge in [0.1, 0.15) is 0 Å². The number of halogens is 8. The molecular formula is C14H14F8N2. The molecule has 1 heterocycles. The molecule has 1 atom stereocenters. The van der Waals surface area contributed by atoms with E-state index in [4.69, 9.17) is 0 Å². The molecule has 1 saturated heterocycles. The fourth-order valence-electron chi connectivity index (χ4n) is 2.63. The lowest BCUT2D eigenvalue weighted by molar-refractivity contribution is -0.143. The van der Waals surface area contributed by atoms with Gasteiger partial charge in [0.15, 0.2) is 0 Å². The molecule has 0 radical (unpaired) electrons. The molecule has 1 aromatic carbocycles. The summed E-state index contributed by atoms with van der Waals surface area (Å²) < 4.78 is 104. The summed E-state index contributed by atoms with van der Waals surface area (Å²) in [6, 6.07) is -1.15. The lowest BCUT2D eigenvalue weighted by Crippen LogP contribution is -2.47. The molecule has 10 heteroatoms. The van der Waals surface area contributed by atoms with Gasteiger partial charge in [-0.15, -0.1) is 0 Å². The van der Waals surface area contributed by atoms with Gasteiger partial charge in [-0.2, -0.15) is 26.3 Å². The summed E-state index contributed by atoms with van der Waals surface area (Å²) in [7, 11) is 0. The van der Waals surface area contributed by atoms with E-state index in [1.807, 2.05) is 0 Å². The van der Waals surface area contributed by atoms with Crippen LogP contribution in [-0.2, 0) is 12.4 Å². The van der Waals surface area contributed by atoms with Gasteiger partial charge in [-0.1, -0.05) is 0 Å². The van der Waals surface area contributed by atoms with Crippen molar-refractivity contribution in [2.24, 2.45) is 0 Å². The minimum Gasteiger partial charge on any atom is -0.314 e. The fraction of sp³-hybridized carbons (Fsp3) is 0.571. The number of piperazine rings is 1. The highest BCUT2D eigenvalue weighted by Crippen LogP contribution is 2.39. The first-order valence-corrected chi connectivity index (χ1v) is 7.02. The molecule has 1 aliphatic heterocycles. The van der Waals surface area contributed by atoms with Gasteiger partial charge < -0.3 is 5.32 Å². The Morgan fingerprint density at radius 3 is 1.67 bits per heavy atom. The summed E-state index contributed by atoms with van der Waals surface area (Å²) in [6.45, 7) is 0.863. The van der Waals surface area contributed by atoms with Crippen molar-refractivity contribution in [3.05, 3.63) is 34.9 Å². The van der Waals surface area contributed by atoms with Gasteiger partial charge in [-0.05, 0) is 23.8 Å². The average Bonchev–Trinajstić information content (AvgIpc) is 2.46. The standard InChI is InChI=1S/C14H14F8N2/c15-12(16)11(24-3-1-23-2-4-24)8-5-9(13(17,18)19)7-10(6-8)14(20,21)22/h5-7,11-12,23H,1-4H2/t11-/m0/s1. The van der Waals surface area contributed by atoms with Crippen LogP contribution in [-0.4, -0.2) is 37.5 Å². The monoisotopic (exact) mass is 362 g/mol. The number of rotatable bonds is 3. The third-order valence-corrected chi connectivity index (χ3v) is 3.74. The third kappa shape index (κ3) is 4.35. The van der Waals surface area contributed by atoms with Crippen LogP contribution < -0.4 is 5.32 Å². The van der Waals surface area contributed by atoms with Crippen LogP contribution in [0.3, 0.4) is 0 Å². The Hall–Kier alpha value is -1.42. The van der Waals surface area contributed by atoms with E-state index in [9.17, 15) is 35.1 Å². The summed E-state index contributed by atoms with van der Waals surface area (Å²) in [5, 5.41) is 2.88. The quantitative estimate of drug-likeness (QED) is 0.820. The Morgan fingerprint density at radius 1 is 0.833 bits per heavy atom. The Labute approximate surface area is 132 Å². The minimum absolute atomic E-state index is 0.0657. The zero-order valence-electron chi connectivity index (χ0n) is 12.2. The maximum atomic E-state index is 13.4. The van der Waals surface area contributed by atoms with Crippen LogP contribution in [0, 0.1) is 0 Å². The molecule has 0 amide bonds. The summed E-state index contributed by atoms with van der Waals surface area (Å²) in [5.74, 6) is 0. The van der Waals surface area contributed by atoms with Crippen LogP contribution in [0.5, 0.6) is 0 Å². The SMILES string of the molecule is FC(F)[C@H](c1cc(C(F)(F)F)cc(C(F)(F)F)c1)N1CCNCC1. The molecule has 136 valence electrons. The van der Waals surface area contributed by atoms with Crippen molar-refractivity contribution < 1.29 is 35.1 Å². The number of nitrogens with zero attached hydrogens (tertiary/aromatic N) is 1. The number of alkyl halides is 8. The summed E-state index contributed by atoms with van der Waals surface area (Å²) in [4.78, 5) is 1.19. The second-order valence-electron chi connectivity index (χ2n) is 5.40. The van der Waals surface area contributed by atoms with E-state index in [0.29, 0.717) is 25.2 Å². The molecule has 1 N–H and O–H groups in total. The molecule has 0 saturated carbocycles. The summed E-state index contributed by atoms with van der Waals surface area (Å²) in [6.07, 6.45) is -13.2. The molecule has 1 aliphatic rings. The maximum Gasteiger partial charge on any atom is 0.416 e. The van der Waals surface area contributed by atoms with Gasteiger partial charge in [0.25, 0.3) is 6.43 Å². The molecule has 0 bridgehead atoms. The van der Waals surface area contributed by atoms with Crippen molar-refractivity contribution in [2.75, 3.05) is 26.2 Å². The summed E-state index contributed by atoms with van der Waals surface area (Å²) in [5.41, 5.74) is -3.87. The largest absolute Gasteiger partial charge is 0.416 e. The smallest absolute Gasteiger partial charge is 0.314 e. The van der Waals surface area contributed by atoms with E-state index in [-0.39, 0.29) is 19.2 Å². The Balaban J connectivity index is 2.52. The third-order valence-electron chi connectivity index (χ3n) is 3.74. The normalized spacial score (nSPS) is 18.9. The first-order valence-electron chi connectivity index (χ1n) is 7.02. The first kappa shape index (κ1) is 18.9. The molecule has 0 aliphatic carbocycles. The van der Waals surface area contributed by atoms with Gasteiger partial charge in [-0.3, -0.25) is 4.90 Å². The second-order valence-corrected chi connectivity index (χ2v) is 5.40. The van der Waals surface area contributed by atoms with Crippen molar-refractivity contribution in [2.45, 2.75) is 24.8 Å². The molecule has 1 fully saturated rings. The van der Waals surface area contributed by atoms with Crippen LogP contribution in [0.4, 0.5) is 35.1 Å². The van der Waals surface area contributed by atoms with Crippen molar-refractivity contribution in [1.82, 2.24) is 10.2 Å². The number of hydrogen-bond acceptors (Lipinski definition) is 2. The van der Waals surface area contributed by atoms with Crippen LogP contribution in [0.25, 0.3) is 0 Å². The highest BCUT2D eigenvalue weighted by Gasteiger charge is 2.39. The maximum absolute atomic E-state index is 13.4. The van der Waals surface area contributed by atoms with Crippen LogP contribution in [0.2, 0.25) is 0 Å². The van der Waals surface area contributed by atoms with Crippen molar-refractivity contribution in [3.63, 3.8) is 0 Å². The van der Waals surface area contributed by atoms with Gasteiger partial charge in [0.2, 0.25) is 0 Å². The minimum atomic E-state index is -5.06. The Kier molecular flexibility index (Phi) is 5.38. The fourth-order valence-corrected chi connectivity index (χ4v) is 2.63. The Bertz CT molecular complexity index is 529.